The van der Waals surface area contributed by atoms with E-state index >= 15 is 0 Å². The lowest BCUT2D eigenvalue weighted by atomic mass is 10.1. The predicted octanol–water partition coefficient (Wildman–Crippen LogP) is 2.98. The van der Waals surface area contributed by atoms with Crippen LogP contribution in [-0.2, 0) is 17.8 Å². The van der Waals surface area contributed by atoms with E-state index in [1.54, 1.807) is 14.2 Å². The van der Waals surface area contributed by atoms with Gasteiger partial charge in [-0.15, -0.1) is 0 Å². The lowest BCUT2D eigenvalue weighted by Crippen LogP contribution is -2.48. The zero-order valence-electron chi connectivity index (χ0n) is 16.2. The molecular formula is C22H28N2O3. The fraction of sp³-hybridized carbons (Fsp3) is 0.409. The van der Waals surface area contributed by atoms with Crippen molar-refractivity contribution in [3.8, 4) is 11.5 Å². The molecule has 0 radical (unpaired) electrons. The number of hydrogen-bond donors (Lipinski definition) is 0. The van der Waals surface area contributed by atoms with E-state index in [1.807, 2.05) is 41.3 Å². The van der Waals surface area contributed by atoms with Gasteiger partial charge in [0.1, 0.15) is 11.5 Å². The van der Waals surface area contributed by atoms with Gasteiger partial charge in [-0.25, -0.2) is 0 Å². The molecule has 5 heteroatoms. The van der Waals surface area contributed by atoms with Gasteiger partial charge >= 0.3 is 0 Å². The summed E-state index contributed by atoms with van der Waals surface area (Å²) in [6.07, 6.45) is 1.38. The molecule has 0 N–H and O–H groups in total. The molecule has 0 spiro atoms. The number of nitrogens with zero attached hydrogens (tertiary/aromatic N) is 2. The van der Waals surface area contributed by atoms with Gasteiger partial charge in [-0.05, 0) is 30.2 Å². The number of amides is 1. The van der Waals surface area contributed by atoms with Gasteiger partial charge < -0.3 is 14.4 Å². The van der Waals surface area contributed by atoms with Gasteiger partial charge in [0.05, 0.1) is 14.2 Å². The summed E-state index contributed by atoms with van der Waals surface area (Å²) in [6.45, 7) is 4.10. The van der Waals surface area contributed by atoms with E-state index in [9.17, 15) is 4.79 Å². The molecule has 1 aliphatic rings. The van der Waals surface area contributed by atoms with Crippen molar-refractivity contribution < 1.29 is 14.3 Å². The average Bonchev–Trinajstić information content (AvgIpc) is 2.73. The molecule has 3 rings (SSSR count). The van der Waals surface area contributed by atoms with Crippen LogP contribution in [0.3, 0.4) is 0 Å². The molecule has 0 saturated carbocycles. The molecule has 144 valence electrons. The van der Waals surface area contributed by atoms with Crippen molar-refractivity contribution in [2.45, 2.75) is 19.4 Å². The molecule has 1 saturated heterocycles. The summed E-state index contributed by atoms with van der Waals surface area (Å²) in [4.78, 5) is 16.8. The van der Waals surface area contributed by atoms with Gasteiger partial charge in [0.25, 0.3) is 0 Å². The normalized spacial score (nSPS) is 14.8. The Balaban J connectivity index is 1.49. The minimum absolute atomic E-state index is 0.248. The smallest absolute Gasteiger partial charge is 0.222 e. The summed E-state index contributed by atoms with van der Waals surface area (Å²) >= 11 is 0. The third kappa shape index (κ3) is 5.23. The van der Waals surface area contributed by atoms with Crippen molar-refractivity contribution in [2.75, 3.05) is 40.4 Å². The molecule has 1 heterocycles. The largest absolute Gasteiger partial charge is 0.497 e. The van der Waals surface area contributed by atoms with Crippen molar-refractivity contribution in [2.24, 2.45) is 0 Å². The fourth-order valence-electron chi connectivity index (χ4n) is 3.46. The van der Waals surface area contributed by atoms with Crippen LogP contribution in [0.25, 0.3) is 0 Å². The molecule has 27 heavy (non-hydrogen) atoms. The topological polar surface area (TPSA) is 42.0 Å². The van der Waals surface area contributed by atoms with Gasteiger partial charge in [-0.1, -0.05) is 30.3 Å². The summed E-state index contributed by atoms with van der Waals surface area (Å²) in [7, 11) is 3.36. The van der Waals surface area contributed by atoms with Crippen molar-refractivity contribution in [3.63, 3.8) is 0 Å². The average molecular weight is 368 g/mol. The lowest BCUT2D eigenvalue weighted by molar-refractivity contribution is -0.133. The van der Waals surface area contributed by atoms with Gasteiger partial charge in [0.15, 0.2) is 0 Å². The number of benzene rings is 2. The van der Waals surface area contributed by atoms with Crippen molar-refractivity contribution >= 4 is 5.91 Å². The maximum atomic E-state index is 12.5. The highest BCUT2D eigenvalue weighted by molar-refractivity contribution is 5.76. The number of carbonyl (C=O) groups excluding carboxylic acids is 1. The number of hydrogen-bond acceptors (Lipinski definition) is 4. The van der Waals surface area contributed by atoms with Crippen LogP contribution in [0.1, 0.15) is 17.5 Å². The number of rotatable bonds is 7. The lowest BCUT2D eigenvalue weighted by Gasteiger charge is -2.35. The highest BCUT2D eigenvalue weighted by atomic mass is 16.5. The summed E-state index contributed by atoms with van der Waals surface area (Å²) in [5.41, 5.74) is 2.33. The minimum Gasteiger partial charge on any atom is -0.497 e. The summed E-state index contributed by atoms with van der Waals surface area (Å²) < 4.78 is 10.8. The first-order valence-electron chi connectivity index (χ1n) is 9.44. The summed E-state index contributed by atoms with van der Waals surface area (Å²) in [6, 6.07) is 16.1. The Morgan fingerprint density at radius 1 is 0.963 bits per heavy atom. The van der Waals surface area contributed by atoms with E-state index in [0.29, 0.717) is 6.42 Å². The minimum atomic E-state index is 0.248. The van der Waals surface area contributed by atoms with Crippen LogP contribution in [-0.4, -0.2) is 56.1 Å². The maximum Gasteiger partial charge on any atom is 0.222 e. The molecule has 1 fully saturated rings. The summed E-state index contributed by atoms with van der Waals surface area (Å²) in [5, 5.41) is 0. The standard InChI is InChI=1S/C22H28N2O3/c1-26-20-9-10-21(27-2)19(16-20)17-23-12-14-24(15-13-23)22(25)11-8-18-6-4-3-5-7-18/h3-7,9-10,16H,8,11-15,17H2,1-2H3. The monoisotopic (exact) mass is 368 g/mol. The van der Waals surface area contributed by atoms with Crippen LogP contribution < -0.4 is 9.47 Å². The number of piperazine rings is 1. The van der Waals surface area contributed by atoms with Gasteiger partial charge in [-0.3, -0.25) is 9.69 Å². The molecule has 0 atom stereocenters. The first kappa shape index (κ1) is 19.2. The molecule has 2 aromatic rings. The molecule has 0 aliphatic carbocycles. The first-order chi connectivity index (χ1) is 13.2. The fourth-order valence-corrected chi connectivity index (χ4v) is 3.46. The van der Waals surface area contributed by atoms with E-state index < -0.39 is 0 Å². The van der Waals surface area contributed by atoms with E-state index in [1.165, 1.54) is 5.56 Å². The Kier molecular flexibility index (Phi) is 6.71. The Morgan fingerprint density at radius 2 is 1.70 bits per heavy atom. The van der Waals surface area contributed by atoms with Crippen molar-refractivity contribution in [3.05, 3.63) is 59.7 Å². The number of methoxy groups -OCH3 is 2. The third-order valence-corrected chi connectivity index (χ3v) is 5.08. The van der Waals surface area contributed by atoms with Gasteiger partial charge in [0.2, 0.25) is 5.91 Å². The molecule has 5 nitrogen and oxygen atoms in total. The predicted molar refractivity (Wildman–Crippen MR) is 106 cm³/mol. The van der Waals surface area contributed by atoms with Crippen LogP contribution >= 0.6 is 0 Å². The second-order valence-electron chi connectivity index (χ2n) is 6.82. The van der Waals surface area contributed by atoms with E-state index in [2.05, 4.69) is 17.0 Å². The Morgan fingerprint density at radius 3 is 2.37 bits per heavy atom. The summed E-state index contributed by atoms with van der Waals surface area (Å²) in [5.74, 6) is 1.95. The molecule has 0 unspecified atom stereocenters. The van der Waals surface area contributed by atoms with E-state index in [4.69, 9.17) is 9.47 Å². The number of carbonyl (C=O) groups is 1. The quantitative estimate of drug-likeness (QED) is 0.754. The number of ether oxygens (including phenoxy) is 2. The van der Waals surface area contributed by atoms with Crippen LogP contribution in [0.4, 0.5) is 0 Å². The van der Waals surface area contributed by atoms with E-state index in [-0.39, 0.29) is 5.91 Å². The number of aryl methyl sites for hydroxylation is 1. The van der Waals surface area contributed by atoms with Crippen molar-refractivity contribution in [1.29, 1.82) is 0 Å². The molecule has 1 aliphatic heterocycles. The molecular weight excluding hydrogens is 340 g/mol. The highest BCUT2D eigenvalue weighted by Crippen LogP contribution is 2.25. The van der Waals surface area contributed by atoms with Crippen LogP contribution in [0.2, 0.25) is 0 Å². The second kappa shape index (κ2) is 9.42. The third-order valence-electron chi connectivity index (χ3n) is 5.08. The van der Waals surface area contributed by atoms with Gasteiger partial charge in [0, 0.05) is 44.7 Å². The highest BCUT2D eigenvalue weighted by Gasteiger charge is 2.21. The Labute approximate surface area is 161 Å². The Hall–Kier alpha value is -2.53. The molecule has 1 amide bonds. The van der Waals surface area contributed by atoms with Gasteiger partial charge in [-0.2, -0.15) is 0 Å². The Bertz CT molecular complexity index is 740. The van der Waals surface area contributed by atoms with Crippen LogP contribution in [0.15, 0.2) is 48.5 Å². The maximum absolute atomic E-state index is 12.5. The SMILES string of the molecule is COc1ccc(OC)c(CN2CCN(C(=O)CCc3ccccc3)CC2)c1. The molecule has 2 aromatic carbocycles. The molecule has 0 aromatic heterocycles. The molecule has 0 bridgehead atoms. The zero-order chi connectivity index (χ0) is 19.1. The zero-order valence-corrected chi connectivity index (χ0v) is 16.2. The van der Waals surface area contributed by atoms with Crippen LogP contribution in [0.5, 0.6) is 11.5 Å². The first-order valence-corrected chi connectivity index (χ1v) is 9.44. The van der Waals surface area contributed by atoms with Crippen molar-refractivity contribution in [1.82, 2.24) is 9.80 Å². The second-order valence-corrected chi connectivity index (χ2v) is 6.82. The van der Waals surface area contributed by atoms with E-state index in [0.717, 1.165) is 56.2 Å². The van der Waals surface area contributed by atoms with Crippen LogP contribution in [0, 0.1) is 0 Å².